The van der Waals surface area contributed by atoms with Crippen LogP contribution >= 0.6 is 11.6 Å². The minimum absolute atomic E-state index is 0.0265. The summed E-state index contributed by atoms with van der Waals surface area (Å²) in [5.74, 6) is -0.578. The zero-order chi connectivity index (χ0) is 21.7. The molecule has 1 aromatic rings. The van der Waals surface area contributed by atoms with E-state index in [1.165, 1.54) is 10.5 Å². The number of carbonyl (C=O) groups is 2. The average molecular weight is 448 g/mol. The highest BCUT2D eigenvalue weighted by molar-refractivity contribution is 7.89. The Morgan fingerprint density at radius 2 is 1.97 bits per heavy atom. The van der Waals surface area contributed by atoms with Crippen LogP contribution in [0.15, 0.2) is 18.3 Å². The molecule has 1 saturated heterocycles. The van der Waals surface area contributed by atoms with Crippen LogP contribution in [0.4, 0.5) is 4.79 Å². The Morgan fingerprint density at radius 1 is 1.31 bits per heavy atom. The van der Waals surface area contributed by atoms with Crippen molar-refractivity contribution in [1.82, 2.24) is 9.29 Å². The molecule has 0 unspecified atom stereocenters. The van der Waals surface area contributed by atoms with Gasteiger partial charge in [-0.15, -0.1) is 0 Å². The van der Waals surface area contributed by atoms with Crippen molar-refractivity contribution >= 4 is 33.5 Å². The third kappa shape index (κ3) is 7.79. The second-order valence-electron chi connectivity index (χ2n) is 7.51. The quantitative estimate of drug-likeness (QED) is 0.613. The zero-order valence-electron chi connectivity index (χ0n) is 16.5. The lowest BCUT2D eigenvalue weighted by Crippen LogP contribution is -2.44. The molecule has 1 amide bonds. The van der Waals surface area contributed by atoms with Crippen molar-refractivity contribution in [2.75, 3.05) is 18.8 Å². The molecule has 11 heteroatoms. The van der Waals surface area contributed by atoms with Crippen molar-refractivity contribution in [2.45, 2.75) is 51.2 Å². The number of aromatic nitrogens is 1. The summed E-state index contributed by atoms with van der Waals surface area (Å²) in [5, 5.41) is 0.507. The van der Waals surface area contributed by atoms with Gasteiger partial charge in [0.15, 0.2) is 0 Å². The fourth-order valence-corrected chi connectivity index (χ4v) is 4.57. The van der Waals surface area contributed by atoms with Crippen molar-refractivity contribution < 1.29 is 27.5 Å². The highest BCUT2D eigenvalue weighted by atomic mass is 35.5. The Labute approximate surface area is 175 Å². The molecule has 0 radical (unpaired) electrons. The maximum Gasteiger partial charge on any atom is 0.405 e. The lowest BCUT2D eigenvalue weighted by atomic mass is 10.0. The third-order valence-electron chi connectivity index (χ3n) is 4.51. The van der Waals surface area contributed by atoms with Crippen LogP contribution < -0.4 is 10.5 Å². The van der Waals surface area contributed by atoms with E-state index in [0.29, 0.717) is 23.7 Å². The topological polar surface area (TPSA) is 129 Å². The molecule has 0 spiro atoms. The predicted octanol–water partition coefficient (Wildman–Crippen LogP) is 2.13. The fraction of sp³-hybridized carbons (Fsp3) is 0.611. The van der Waals surface area contributed by atoms with E-state index >= 15 is 0 Å². The maximum absolute atomic E-state index is 12.5. The number of Topliss-reactive ketones (excluding diaryl/α,β-unsaturated/α-hetero) is 1. The molecule has 0 aromatic carbocycles. The molecule has 0 bridgehead atoms. The first-order chi connectivity index (χ1) is 13.5. The number of ketones is 1. The average Bonchev–Trinajstić information content (AvgIpc) is 2.61. The first-order valence-corrected chi connectivity index (χ1v) is 11.2. The molecule has 162 valence electrons. The Bertz CT molecular complexity index is 821. The Hall–Kier alpha value is -1.91. The third-order valence-corrected chi connectivity index (χ3v) is 6.57. The smallest absolute Gasteiger partial charge is 0.405 e. The van der Waals surface area contributed by atoms with Crippen LogP contribution in [0.3, 0.4) is 0 Å². The molecule has 29 heavy (non-hydrogen) atoms. The summed E-state index contributed by atoms with van der Waals surface area (Å²) in [7, 11) is -3.71. The largest absolute Gasteiger partial charge is 0.474 e. The summed E-state index contributed by atoms with van der Waals surface area (Å²) >= 11 is 5.79. The number of carbonyl (C=O) groups excluding carboxylic acids is 2. The van der Waals surface area contributed by atoms with Gasteiger partial charge >= 0.3 is 6.09 Å². The molecule has 2 N–H and O–H groups in total. The number of halogens is 1. The molecule has 9 nitrogen and oxygen atoms in total. The van der Waals surface area contributed by atoms with Crippen molar-refractivity contribution in [2.24, 2.45) is 5.73 Å². The standard InChI is InChI=1S/C18H26ClN3O6S/c1-18(2,28-17(20)24)8-5-14(23)12-29(25,26)22-9-6-15(7-10-22)27-16-4-3-13(19)11-21-16/h3-4,11,15H,5-10,12H2,1-2H3,(H2,20,24). The second-order valence-corrected chi connectivity index (χ2v) is 9.91. The number of piperidine rings is 1. The Balaban J connectivity index is 1.80. The molecule has 1 aromatic heterocycles. The van der Waals surface area contributed by atoms with E-state index in [2.05, 4.69) is 4.98 Å². The van der Waals surface area contributed by atoms with Crippen molar-refractivity contribution in [3.05, 3.63) is 23.4 Å². The van der Waals surface area contributed by atoms with Gasteiger partial charge in [0.05, 0.1) is 5.02 Å². The van der Waals surface area contributed by atoms with Gasteiger partial charge in [0.2, 0.25) is 15.9 Å². The Kier molecular flexibility index (Phi) is 7.84. The van der Waals surface area contributed by atoms with E-state index in [4.69, 9.17) is 26.8 Å². The monoisotopic (exact) mass is 447 g/mol. The predicted molar refractivity (Wildman–Crippen MR) is 107 cm³/mol. The van der Waals surface area contributed by atoms with E-state index in [-0.39, 0.29) is 32.0 Å². The summed E-state index contributed by atoms with van der Waals surface area (Å²) in [6.07, 6.45) is 1.55. The van der Waals surface area contributed by atoms with Crippen molar-refractivity contribution in [1.29, 1.82) is 0 Å². The van der Waals surface area contributed by atoms with E-state index in [9.17, 15) is 18.0 Å². The van der Waals surface area contributed by atoms with Crippen LogP contribution in [0.2, 0.25) is 5.02 Å². The minimum atomic E-state index is -3.71. The first kappa shape index (κ1) is 23.4. The minimum Gasteiger partial charge on any atom is -0.474 e. The molecule has 1 fully saturated rings. The summed E-state index contributed by atoms with van der Waals surface area (Å²) in [6.45, 7) is 3.76. The molecule has 1 aliphatic heterocycles. The van der Waals surface area contributed by atoms with Gasteiger partial charge in [-0.05, 0) is 39.2 Å². The Morgan fingerprint density at radius 3 is 2.52 bits per heavy atom. The first-order valence-electron chi connectivity index (χ1n) is 9.23. The second kappa shape index (κ2) is 9.73. The normalized spacial score (nSPS) is 16.4. The summed E-state index contributed by atoms with van der Waals surface area (Å²) in [4.78, 5) is 27.1. The molecule has 2 rings (SSSR count). The summed E-state index contributed by atoms with van der Waals surface area (Å²) in [5.41, 5.74) is 4.05. The van der Waals surface area contributed by atoms with Gasteiger partial charge in [-0.2, -0.15) is 0 Å². The number of hydrogen-bond acceptors (Lipinski definition) is 7. The van der Waals surface area contributed by atoms with Crippen LogP contribution in [0.5, 0.6) is 5.88 Å². The number of hydrogen-bond donors (Lipinski definition) is 1. The number of primary amides is 1. The van der Waals surface area contributed by atoms with Crippen LogP contribution in [-0.2, 0) is 19.6 Å². The van der Waals surface area contributed by atoms with Gasteiger partial charge in [0, 0.05) is 31.8 Å². The van der Waals surface area contributed by atoms with Gasteiger partial charge in [0.25, 0.3) is 0 Å². The van der Waals surface area contributed by atoms with Crippen LogP contribution in [0, 0.1) is 0 Å². The van der Waals surface area contributed by atoms with E-state index < -0.39 is 33.3 Å². The number of nitrogens with two attached hydrogens (primary N) is 1. The maximum atomic E-state index is 12.5. The zero-order valence-corrected chi connectivity index (χ0v) is 18.0. The lowest BCUT2D eigenvalue weighted by molar-refractivity contribution is -0.117. The fourth-order valence-electron chi connectivity index (χ4n) is 2.96. The number of amides is 1. The van der Waals surface area contributed by atoms with E-state index in [0.717, 1.165) is 0 Å². The number of rotatable bonds is 9. The number of pyridine rings is 1. The highest BCUT2D eigenvalue weighted by Crippen LogP contribution is 2.21. The molecule has 0 atom stereocenters. The van der Waals surface area contributed by atoms with Gasteiger partial charge in [-0.25, -0.2) is 22.5 Å². The van der Waals surface area contributed by atoms with Gasteiger partial charge in [-0.3, -0.25) is 4.79 Å². The number of nitrogens with zero attached hydrogens (tertiary/aromatic N) is 2. The van der Waals surface area contributed by atoms with E-state index in [1.807, 2.05) is 0 Å². The summed E-state index contributed by atoms with van der Waals surface area (Å²) in [6, 6.07) is 3.33. The van der Waals surface area contributed by atoms with E-state index in [1.54, 1.807) is 26.0 Å². The molecular weight excluding hydrogens is 422 g/mol. The molecule has 1 aliphatic rings. The SMILES string of the molecule is CC(C)(CCC(=O)CS(=O)(=O)N1CCC(Oc2ccc(Cl)cn2)CC1)OC(N)=O. The number of ether oxygens (including phenoxy) is 2. The molecule has 2 heterocycles. The van der Waals surface area contributed by atoms with Gasteiger partial charge < -0.3 is 15.2 Å². The van der Waals surface area contributed by atoms with Gasteiger partial charge in [0.1, 0.15) is 23.2 Å². The molecule has 0 saturated carbocycles. The molecule has 0 aliphatic carbocycles. The van der Waals surface area contributed by atoms with Crippen LogP contribution in [0.1, 0.15) is 39.5 Å². The number of sulfonamides is 1. The van der Waals surface area contributed by atoms with Crippen LogP contribution in [0.25, 0.3) is 0 Å². The van der Waals surface area contributed by atoms with Gasteiger partial charge in [-0.1, -0.05) is 11.6 Å². The lowest BCUT2D eigenvalue weighted by Gasteiger charge is -2.31. The van der Waals surface area contributed by atoms with Crippen molar-refractivity contribution in [3.63, 3.8) is 0 Å². The molecular formula is C18H26ClN3O6S. The van der Waals surface area contributed by atoms with Crippen molar-refractivity contribution in [3.8, 4) is 5.88 Å². The highest BCUT2D eigenvalue weighted by Gasteiger charge is 2.31. The summed E-state index contributed by atoms with van der Waals surface area (Å²) < 4.78 is 37.0. The van der Waals surface area contributed by atoms with Crippen LogP contribution in [-0.4, -0.2) is 60.1 Å².